The Hall–Kier alpha value is -1.88. The van der Waals surface area contributed by atoms with Gasteiger partial charge in [0.05, 0.1) is 13.0 Å². The van der Waals surface area contributed by atoms with E-state index in [0.717, 1.165) is 0 Å². The van der Waals surface area contributed by atoms with Gasteiger partial charge < -0.3 is 9.47 Å². The first-order valence-corrected chi connectivity index (χ1v) is 6.70. The Bertz CT molecular complexity index is 502. The number of benzene rings is 1. The quantitative estimate of drug-likeness (QED) is 0.791. The van der Waals surface area contributed by atoms with E-state index in [9.17, 15) is 9.59 Å². The summed E-state index contributed by atoms with van der Waals surface area (Å²) in [6.45, 7) is 5.48. The summed E-state index contributed by atoms with van der Waals surface area (Å²) in [4.78, 5) is 25.6. The van der Waals surface area contributed by atoms with Gasteiger partial charge in [0.15, 0.2) is 5.72 Å². The molecule has 1 saturated heterocycles. The van der Waals surface area contributed by atoms with Crippen LogP contribution in [0.4, 0.5) is 5.69 Å². The zero-order valence-corrected chi connectivity index (χ0v) is 12.0. The number of hydrogen-bond donors (Lipinski definition) is 0. The highest BCUT2D eigenvalue weighted by molar-refractivity contribution is 6.00. The van der Waals surface area contributed by atoms with Crippen LogP contribution in [0.2, 0.25) is 0 Å². The molecule has 0 aromatic heterocycles. The Morgan fingerprint density at radius 1 is 1.40 bits per heavy atom. The van der Waals surface area contributed by atoms with Crippen molar-refractivity contribution in [2.24, 2.45) is 0 Å². The summed E-state index contributed by atoms with van der Waals surface area (Å²) in [5, 5.41) is 0. The fourth-order valence-corrected chi connectivity index (χ4v) is 2.48. The Morgan fingerprint density at radius 2 is 2.05 bits per heavy atom. The summed E-state index contributed by atoms with van der Waals surface area (Å²) in [5.41, 5.74) is -0.293. The number of carbonyl (C=O) groups excluding carboxylic acids is 2. The van der Waals surface area contributed by atoms with Gasteiger partial charge in [-0.1, -0.05) is 18.2 Å². The second-order valence-corrected chi connectivity index (χ2v) is 4.93. The molecule has 1 heterocycles. The highest BCUT2D eigenvalue weighted by atomic mass is 16.6. The third kappa shape index (κ3) is 2.67. The molecule has 1 fully saturated rings. The Kier molecular flexibility index (Phi) is 4.09. The van der Waals surface area contributed by atoms with E-state index in [1.165, 1.54) is 4.90 Å². The zero-order chi connectivity index (χ0) is 14.8. The minimum atomic E-state index is -1.01. The van der Waals surface area contributed by atoms with Gasteiger partial charge in [-0.3, -0.25) is 14.5 Å². The first kappa shape index (κ1) is 14.5. The van der Waals surface area contributed by atoms with Gasteiger partial charge in [-0.2, -0.15) is 0 Å². The lowest BCUT2D eigenvalue weighted by molar-refractivity contribution is -0.149. The van der Waals surface area contributed by atoms with E-state index in [-0.39, 0.29) is 18.3 Å². The van der Waals surface area contributed by atoms with E-state index in [1.54, 1.807) is 20.8 Å². The molecule has 0 N–H and O–H groups in total. The van der Waals surface area contributed by atoms with Gasteiger partial charge in [-0.15, -0.1) is 0 Å². The van der Waals surface area contributed by atoms with Gasteiger partial charge in [0.1, 0.15) is 6.10 Å². The van der Waals surface area contributed by atoms with E-state index in [4.69, 9.17) is 9.47 Å². The van der Waals surface area contributed by atoms with Crippen molar-refractivity contribution in [3.63, 3.8) is 0 Å². The maximum absolute atomic E-state index is 12.3. The number of nitrogens with zero attached hydrogens (tertiary/aromatic N) is 1. The molecule has 1 aliphatic rings. The molecule has 1 aliphatic heterocycles. The first-order chi connectivity index (χ1) is 9.48. The first-order valence-electron chi connectivity index (χ1n) is 6.70. The van der Waals surface area contributed by atoms with Gasteiger partial charge in [0.25, 0.3) is 5.91 Å². The van der Waals surface area contributed by atoms with Crippen LogP contribution in [0.15, 0.2) is 30.3 Å². The highest BCUT2D eigenvalue weighted by Crippen LogP contribution is 2.35. The number of rotatable bonds is 4. The predicted molar refractivity (Wildman–Crippen MR) is 74.1 cm³/mol. The molecular weight excluding hydrogens is 258 g/mol. The van der Waals surface area contributed by atoms with Crippen LogP contribution >= 0.6 is 0 Å². The van der Waals surface area contributed by atoms with Crippen LogP contribution in [-0.2, 0) is 19.1 Å². The fraction of sp³-hybridized carbons (Fsp3) is 0.467. The van der Waals surface area contributed by atoms with Crippen molar-refractivity contribution >= 4 is 17.6 Å². The number of carbonyl (C=O) groups is 2. The minimum absolute atomic E-state index is 0.00577. The number of ether oxygens (including phenoxy) is 2. The average Bonchev–Trinajstić information content (AvgIpc) is 2.60. The van der Waals surface area contributed by atoms with E-state index in [1.807, 2.05) is 30.3 Å². The normalized spacial score (nSPS) is 25.9. The lowest BCUT2D eigenvalue weighted by Gasteiger charge is -2.32. The monoisotopic (exact) mass is 277 g/mol. The highest BCUT2D eigenvalue weighted by Gasteiger charge is 2.49. The molecule has 1 aromatic rings. The second-order valence-electron chi connectivity index (χ2n) is 4.93. The van der Waals surface area contributed by atoms with E-state index in [0.29, 0.717) is 12.3 Å². The summed E-state index contributed by atoms with van der Waals surface area (Å²) in [6, 6.07) is 9.20. The molecule has 5 nitrogen and oxygen atoms in total. The summed E-state index contributed by atoms with van der Waals surface area (Å²) < 4.78 is 10.7. The van der Waals surface area contributed by atoms with Crippen molar-refractivity contribution < 1.29 is 19.1 Å². The smallest absolute Gasteiger partial charge is 0.310 e. The Balaban J connectivity index is 2.30. The molecule has 1 aromatic carbocycles. The van der Waals surface area contributed by atoms with Gasteiger partial charge in [0.2, 0.25) is 0 Å². The lowest BCUT2D eigenvalue weighted by atomic mass is 10.1. The second kappa shape index (κ2) is 5.63. The molecule has 0 bridgehead atoms. The predicted octanol–water partition coefficient (Wildman–Crippen LogP) is 2.11. The molecule has 108 valence electrons. The Morgan fingerprint density at radius 3 is 2.65 bits per heavy atom. The maximum Gasteiger partial charge on any atom is 0.310 e. The third-order valence-corrected chi connectivity index (χ3v) is 3.26. The molecule has 0 spiro atoms. The zero-order valence-electron chi connectivity index (χ0n) is 12.0. The number of hydrogen-bond acceptors (Lipinski definition) is 4. The van der Waals surface area contributed by atoms with Crippen LogP contribution in [0, 0.1) is 0 Å². The molecule has 1 amide bonds. The average molecular weight is 277 g/mol. The maximum atomic E-state index is 12.3. The van der Waals surface area contributed by atoms with Gasteiger partial charge in [-0.05, 0) is 32.9 Å². The standard InChI is InChI=1S/C15H19NO4/c1-4-19-13(17)10-15(3)16(14(18)11(2)20-15)12-8-6-5-7-9-12/h5-9,11H,4,10H2,1-3H3/t11-,15+/m1/s1. The van der Waals surface area contributed by atoms with Crippen LogP contribution < -0.4 is 4.90 Å². The largest absolute Gasteiger partial charge is 0.466 e. The number of esters is 1. The summed E-state index contributed by atoms with van der Waals surface area (Å²) in [6.07, 6.45) is -0.569. The summed E-state index contributed by atoms with van der Waals surface area (Å²) in [5.74, 6) is -0.527. The van der Waals surface area contributed by atoms with Crippen LogP contribution in [-0.4, -0.2) is 30.3 Å². The van der Waals surface area contributed by atoms with Crippen molar-refractivity contribution in [2.75, 3.05) is 11.5 Å². The van der Waals surface area contributed by atoms with E-state index < -0.39 is 11.8 Å². The molecular formula is C15H19NO4. The lowest BCUT2D eigenvalue weighted by Crippen LogP contribution is -2.46. The van der Waals surface area contributed by atoms with Crippen LogP contribution in [0.5, 0.6) is 0 Å². The van der Waals surface area contributed by atoms with Crippen molar-refractivity contribution in [1.82, 2.24) is 0 Å². The molecule has 2 atom stereocenters. The van der Waals surface area contributed by atoms with Crippen molar-refractivity contribution in [3.05, 3.63) is 30.3 Å². The van der Waals surface area contributed by atoms with Crippen LogP contribution in [0.25, 0.3) is 0 Å². The summed E-state index contributed by atoms with van der Waals surface area (Å²) in [7, 11) is 0. The fourth-order valence-electron chi connectivity index (χ4n) is 2.48. The van der Waals surface area contributed by atoms with Crippen molar-refractivity contribution in [3.8, 4) is 0 Å². The number of anilines is 1. The Labute approximate surface area is 118 Å². The van der Waals surface area contributed by atoms with E-state index >= 15 is 0 Å². The molecule has 0 radical (unpaired) electrons. The number of para-hydroxylation sites is 1. The minimum Gasteiger partial charge on any atom is -0.466 e. The van der Waals surface area contributed by atoms with Crippen molar-refractivity contribution in [1.29, 1.82) is 0 Å². The topological polar surface area (TPSA) is 55.8 Å². The number of amides is 1. The molecule has 20 heavy (non-hydrogen) atoms. The van der Waals surface area contributed by atoms with Crippen molar-refractivity contribution in [2.45, 2.75) is 39.0 Å². The molecule has 0 unspecified atom stereocenters. The SMILES string of the molecule is CCOC(=O)C[C@]1(C)O[C@H](C)C(=O)N1c1ccccc1. The molecule has 5 heteroatoms. The molecule has 0 aliphatic carbocycles. The van der Waals surface area contributed by atoms with Crippen LogP contribution in [0.1, 0.15) is 27.2 Å². The van der Waals surface area contributed by atoms with Gasteiger partial charge in [-0.25, -0.2) is 0 Å². The van der Waals surface area contributed by atoms with Crippen LogP contribution in [0.3, 0.4) is 0 Å². The molecule has 2 rings (SSSR count). The summed E-state index contributed by atoms with van der Waals surface area (Å²) >= 11 is 0. The van der Waals surface area contributed by atoms with Gasteiger partial charge in [0, 0.05) is 5.69 Å². The van der Waals surface area contributed by atoms with Gasteiger partial charge >= 0.3 is 5.97 Å². The molecule has 0 saturated carbocycles. The third-order valence-electron chi connectivity index (χ3n) is 3.26. The van der Waals surface area contributed by atoms with E-state index in [2.05, 4.69) is 0 Å².